The van der Waals surface area contributed by atoms with Gasteiger partial charge in [-0.25, -0.2) is 4.98 Å². The Bertz CT molecular complexity index is 1060. The summed E-state index contributed by atoms with van der Waals surface area (Å²) in [4.78, 5) is 17.2. The molecular weight excluding hydrogens is 399 g/mol. The minimum atomic E-state index is -4.49. The van der Waals surface area contributed by atoms with Crippen LogP contribution in [0.5, 0.6) is 0 Å². The van der Waals surface area contributed by atoms with Gasteiger partial charge in [0.1, 0.15) is 0 Å². The van der Waals surface area contributed by atoms with Gasteiger partial charge in [-0.05, 0) is 25.1 Å². The van der Waals surface area contributed by atoms with E-state index in [1.807, 2.05) is 31.2 Å². The van der Waals surface area contributed by atoms with Gasteiger partial charge in [-0.2, -0.15) is 13.2 Å². The third-order valence-electron chi connectivity index (χ3n) is 4.78. The van der Waals surface area contributed by atoms with Gasteiger partial charge in [-0.3, -0.25) is 4.79 Å². The molecule has 0 atom stereocenters. The molecule has 0 saturated heterocycles. The first-order chi connectivity index (χ1) is 13.8. The van der Waals surface area contributed by atoms with Crippen LogP contribution in [0.25, 0.3) is 11.3 Å². The molecule has 8 heteroatoms. The van der Waals surface area contributed by atoms with E-state index in [1.165, 1.54) is 12.1 Å². The smallest absolute Gasteiger partial charge is 0.346 e. The first-order valence-corrected chi connectivity index (χ1v) is 10.1. The van der Waals surface area contributed by atoms with Crippen molar-refractivity contribution in [1.29, 1.82) is 0 Å². The zero-order valence-electron chi connectivity index (χ0n) is 15.6. The second-order valence-corrected chi connectivity index (χ2v) is 7.88. The van der Waals surface area contributed by atoms with Crippen molar-refractivity contribution in [2.24, 2.45) is 0 Å². The molecule has 2 aromatic carbocycles. The SMILES string of the molecule is Cc1ccc(-c2nc3n(c2CNC(=O)c2cccc(C(F)(F)F)c2)CCS3)cc1. The van der Waals surface area contributed by atoms with Crippen LogP contribution in [0, 0.1) is 6.92 Å². The molecule has 0 unspecified atom stereocenters. The summed E-state index contributed by atoms with van der Waals surface area (Å²) in [6, 6.07) is 12.4. The molecule has 1 amide bonds. The molecule has 0 aliphatic carbocycles. The van der Waals surface area contributed by atoms with Gasteiger partial charge < -0.3 is 9.88 Å². The number of carbonyl (C=O) groups excluding carboxylic acids is 1. The fraction of sp³-hybridized carbons (Fsp3) is 0.238. The zero-order valence-corrected chi connectivity index (χ0v) is 16.4. The van der Waals surface area contributed by atoms with Gasteiger partial charge in [0.15, 0.2) is 5.16 Å². The molecule has 1 aliphatic rings. The van der Waals surface area contributed by atoms with Crippen LogP contribution in [0.2, 0.25) is 0 Å². The topological polar surface area (TPSA) is 46.9 Å². The number of nitrogens with one attached hydrogen (secondary N) is 1. The molecule has 4 nitrogen and oxygen atoms in total. The molecule has 1 aliphatic heterocycles. The van der Waals surface area contributed by atoms with Crippen molar-refractivity contribution in [1.82, 2.24) is 14.9 Å². The Balaban J connectivity index is 1.59. The third kappa shape index (κ3) is 4.03. The van der Waals surface area contributed by atoms with Crippen molar-refractivity contribution >= 4 is 17.7 Å². The van der Waals surface area contributed by atoms with Gasteiger partial charge in [0.05, 0.1) is 23.5 Å². The van der Waals surface area contributed by atoms with Crippen LogP contribution in [0.4, 0.5) is 13.2 Å². The van der Waals surface area contributed by atoms with Gasteiger partial charge in [0.25, 0.3) is 5.91 Å². The van der Waals surface area contributed by atoms with Crippen LogP contribution in [0.15, 0.2) is 53.7 Å². The minimum Gasteiger partial charge on any atom is -0.346 e. The highest BCUT2D eigenvalue weighted by Gasteiger charge is 2.31. The van der Waals surface area contributed by atoms with E-state index in [0.29, 0.717) is 0 Å². The predicted octanol–water partition coefficient (Wildman–Crippen LogP) is 4.91. The molecule has 4 rings (SSSR count). The average molecular weight is 417 g/mol. The van der Waals surface area contributed by atoms with Crippen LogP contribution in [0.1, 0.15) is 27.2 Å². The number of imidazole rings is 1. The number of rotatable bonds is 4. The largest absolute Gasteiger partial charge is 0.416 e. The van der Waals surface area contributed by atoms with E-state index in [1.54, 1.807) is 11.8 Å². The number of thioether (sulfide) groups is 1. The van der Waals surface area contributed by atoms with Gasteiger partial charge >= 0.3 is 6.18 Å². The van der Waals surface area contributed by atoms with E-state index >= 15 is 0 Å². The summed E-state index contributed by atoms with van der Waals surface area (Å²) in [6.45, 7) is 2.97. The first-order valence-electron chi connectivity index (χ1n) is 9.07. The molecule has 29 heavy (non-hydrogen) atoms. The number of alkyl halides is 3. The fourth-order valence-electron chi connectivity index (χ4n) is 3.26. The number of aromatic nitrogens is 2. The summed E-state index contributed by atoms with van der Waals surface area (Å²) in [5.74, 6) is 0.359. The van der Waals surface area contributed by atoms with Crippen molar-refractivity contribution in [3.05, 3.63) is 70.9 Å². The lowest BCUT2D eigenvalue weighted by molar-refractivity contribution is -0.137. The summed E-state index contributed by atoms with van der Waals surface area (Å²) in [6.07, 6.45) is -4.49. The van der Waals surface area contributed by atoms with Crippen LogP contribution in [-0.4, -0.2) is 21.2 Å². The molecule has 0 fully saturated rings. The molecule has 0 radical (unpaired) electrons. The van der Waals surface area contributed by atoms with E-state index in [4.69, 9.17) is 4.98 Å². The number of benzene rings is 2. The Labute approximate surface area is 170 Å². The molecule has 0 saturated carbocycles. The standard InChI is InChI=1S/C21H18F3N3OS/c1-13-5-7-14(8-6-13)18-17(27-9-10-29-20(27)26-18)12-25-19(28)15-3-2-4-16(11-15)21(22,23)24/h2-8,11H,9-10,12H2,1H3,(H,25,28). The highest BCUT2D eigenvalue weighted by atomic mass is 32.2. The number of aryl methyl sites for hydroxylation is 1. The number of carbonyl (C=O) groups is 1. The quantitative estimate of drug-likeness (QED) is 0.656. The van der Waals surface area contributed by atoms with E-state index < -0.39 is 17.6 Å². The molecule has 1 aromatic heterocycles. The molecule has 2 heterocycles. The molecular formula is C21H18F3N3OS. The maximum Gasteiger partial charge on any atom is 0.416 e. The fourth-order valence-corrected chi connectivity index (χ4v) is 4.23. The minimum absolute atomic E-state index is 0.0211. The lowest BCUT2D eigenvalue weighted by Crippen LogP contribution is -2.25. The van der Waals surface area contributed by atoms with Crippen molar-refractivity contribution in [3.63, 3.8) is 0 Å². The summed E-state index contributed by atoms with van der Waals surface area (Å²) >= 11 is 1.65. The Kier molecular flexibility index (Phi) is 5.12. The van der Waals surface area contributed by atoms with E-state index in [-0.39, 0.29) is 12.1 Å². The molecule has 150 valence electrons. The Hall–Kier alpha value is -2.74. The number of hydrogen-bond acceptors (Lipinski definition) is 3. The number of amides is 1. The molecule has 0 bridgehead atoms. The van der Waals surface area contributed by atoms with Gasteiger partial charge in [-0.1, -0.05) is 47.7 Å². The molecule has 3 aromatic rings. The summed E-state index contributed by atoms with van der Waals surface area (Å²) in [5, 5.41) is 3.65. The van der Waals surface area contributed by atoms with Crippen molar-refractivity contribution < 1.29 is 18.0 Å². The Morgan fingerprint density at radius 3 is 2.69 bits per heavy atom. The highest BCUT2D eigenvalue weighted by molar-refractivity contribution is 7.99. The monoisotopic (exact) mass is 417 g/mol. The van der Waals surface area contributed by atoms with Gasteiger partial charge in [0.2, 0.25) is 0 Å². The van der Waals surface area contributed by atoms with E-state index in [0.717, 1.165) is 52.1 Å². The normalized spacial score (nSPS) is 13.4. The number of hydrogen-bond donors (Lipinski definition) is 1. The predicted molar refractivity (Wildman–Crippen MR) is 106 cm³/mol. The van der Waals surface area contributed by atoms with Crippen LogP contribution >= 0.6 is 11.8 Å². The Morgan fingerprint density at radius 2 is 1.97 bits per heavy atom. The highest BCUT2D eigenvalue weighted by Crippen LogP contribution is 2.33. The maximum absolute atomic E-state index is 12.9. The second kappa shape index (κ2) is 7.59. The number of fused-ring (bicyclic) bond motifs is 1. The molecule has 1 N–H and O–H groups in total. The second-order valence-electron chi connectivity index (χ2n) is 6.82. The summed E-state index contributed by atoms with van der Waals surface area (Å²) in [5.41, 5.74) is 2.86. The van der Waals surface area contributed by atoms with E-state index in [9.17, 15) is 18.0 Å². The average Bonchev–Trinajstić information content (AvgIpc) is 3.28. The Morgan fingerprint density at radius 1 is 1.21 bits per heavy atom. The van der Waals surface area contributed by atoms with Crippen molar-refractivity contribution in [3.8, 4) is 11.3 Å². The lowest BCUT2D eigenvalue weighted by atomic mass is 10.1. The van der Waals surface area contributed by atoms with Crippen molar-refractivity contribution in [2.45, 2.75) is 31.3 Å². The van der Waals surface area contributed by atoms with Crippen LogP contribution < -0.4 is 5.32 Å². The van der Waals surface area contributed by atoms with Gasteiger partial charge in [-0.15, -0.1) is 0 Å². The lowest BCUT2D eigenvalue weighted by Gasteiger charge is -2.11. The zero-order chi connectivity index (χ0) is 20.6. The van der Waals surface area contributed by atoms with Crippen molar-refractivity contribution in [2.75, 3.05) is 5.75 Å². The third-order valence-corrected chi connectivity index (χ3v) is 5.73. The maximum atomic E-state index is 12.9. The first kappa shape index (κ1) is 19.6. The van der Waals surface area contributed by atoms with E-state index in [2.05, 4.69) is 9.88 Å². The number of halogens is 3. The number of nitrogens with zero attached hydrogens (tertiary/aromatic N) is 2. The molecule has 0 spiro atoms. The van der Waals surface area contributed by atoms with Crippen LogP contribution in [0.3, 0.4) is 0 Å². The van der Waals surface area contributed by atoms with Crippen LogP contribution in [-0.2, 0) is 19.3 Å². The summed E-state index contributed by atoms with van der Waals surface area (Å²) in [7, 11) is 0. The summed E-state index contributed by atoms with van der Waals surface area (Å²) < 4.78 is 40.8. The van der Waals surface area contributed by atoms with Gasteiger partial charge in [0, 0.05) is 23.4 Å².